The summed E-state index contributed by atoms with van der Waals surface area (Å²) in [7, 11) is 0. The molecule has 0 aliphatic heterocycles. The molecule has 0 spiro atoms. The van der Waals surface area contributed by atoms with Crippen LogP contribution < -0.4 is 11.1 Å². The Morgan fingerprint density at radius 3 is 2.78 bits per heavy atom. The third-order valence-corrected chi connectivity index (χ3v) is 3.71. The monoisotopic (exact) mass is 248 g/mol. The summed E-state index contributed by atoms with van der Waals surface area (Å²) < 4.78 is 0. The summed E-state index contributed by atoms with van der Waals surface area (Å²) in [5, 5.41) is 12.4. The normalized spacial score (nSPS) is 23.6. The van der Waals surface area contributed by atoms with E-state index < -0.39 is 0 Å². The molecule has 1 fully saturated rings. The van der Waals surface area contributed by atoms with Crippen LogP contribution in [0.3, 0.4) is 0 Å². The lowest BCUT2D eigenvalue weighted by Crippen LogP contribution is -2.35. The maximum atomic E-state index is 12.2. The Labute approximate surface area is 107 Å². The smallest absolute Gasteiger partial charge is 0.227 e. The average molecular weight is 248 g/mol. The molecule has 1 aromatic carbocycles. The number of aromatic hydroxyl groups is 1. The van der Waals surface area contributed by atoms with Crippen molar-refractivity contribution in [3.05, 3.63) is 24.3 Å². The number of hydrogen-bond donors (Lipinski definition) is 3. The van der Waals surface area contributed by atoms with Gasteiger partial charge in [0.05, 0.1) is 5.69 Å². The molecule has 18 heavy (non-hydrogen) atoms. The quantitative estimate of drug-likeness (QED) is 0.717. The van der Waals surface area contributed by atoms with E-state index in [9.17, 15) is 9.90 Å². The van der Waals surface area contributed by atoms with Gasteiger partial charge in [0, 0.05) is 5.92 Å². The summed E-state index contributed by atoms with van der Waals surface area (Å²) in [5.74, 6) is 0.325. The van der Waals surface area contributed by atoms with E-state index in [2.05, 4.69) is 5.32 Å². The van der Waals surface area contributed by atoms with Crippen molar-refractivity contribution in [2.24, 2.45) is 17.6 Å². The number of benzene rings is 1. The molecule has 0 heterocycles. The number of carbonyl (C=O) groups is 1. The lowest BCUT2D eigenvalue weighted by atomic mass is 9.78. The largest absolute Gasteiger partial charge is 0.506 e. The number of phenolic OH excluding ortho intramolecular Hbond substituents is 1. The van der Waals surface area contributed by atoms with E-state index in [-0.39, 0.29) is 23.5 Å². The maximum absolute atomic E-state index is 12.2. The van der Waals surface area contributed by atoms with Crippen LogP contribution >= 0.6 is 0 Å². The second kappa shape index (κ2) is 5.87. The van der Waals surface area contributed by atoms with Gasteiger partial charge in [0.15, 0.2) is 0 Å². The van der Waals surface area contributed by atoms with Crippen LogP contribution in [-0.4, -0.2) is 17.6 Å². The highest BCUT2D eigenvalue weighted by Gasteiger charge is 2.30. The van der Waals surface area contributed by atoms with Crippen molar-refractivity contribution in [1.29, 1.82) is 0 Å². The van der Waals surface area contributed by atoms with E-state index in [0.717, 1.165) is 25.7 Å². The number of hydrogen-bond acceptors (Lipinski definition) is 3. The van der Waals surface area contributed by atoms with Crippen molar-refractivity contribution in [2.45, 2.75) is 25.7 Å². The van der Waals surface area contributed by atoms with Gasteiger partial charge in [0.2, 0.25) is 5.91 Å². The zero-order chi connectivity index (χ0) is 13.0. The van der Waals surface area contributed by atoms with E-state index in [0.29, 0.717) is 12.2 Å². The number of carbonyl (C=O) groups excluding carboxylic acids is 1. The molecule has 1 aromatic rings. The van der Waals surface area contributed by atoms with Crippen LogP contribution in [-0.2, 0) is 4.79 Å². The van der Waals surface area contributed by atoms with Crippen molar-refractivity contribution in [3.63, 3.8) is 0 Å². The fourth-order valence-electron chi connectivity index (χ4n) is 2.64. The highest BCUT2D eigenvalue weighted by atomic mass is 16.3. The molecule has 2 atom stereocenters. The first-order valence-corrected chi connectivity index (χ1v) is 6.51. The fraction of sp³-hybridized carbons (Fsp3) is 0.500. The van der Waals surface area contributed by atoms with Gasteiger partial charge in [-0.15, -0.1) is 0 Å². The second-order valence-corrected chi connectivity index (χ2v) is 4.89. The third kappa shape index (κ3) is 2.82. The molecule has 1 amide bonds. The number of para-hydroxylation sites is 2. The molecule has 0 aromatic heterocycles. The summed E-state index contributed by atoms with van der Waals surface area (Å²) >= 11 is 0. The zero-order valence-corrected chi connectivity index (χ0v) is 10.4. The summed E-state index contributed by atoms with van der Waals surface area (Å²) in [6.45, 7) is 0.554. The Hall–Kier alpha value is -1.55. The SMILES string of the molecule is NCC1CCCCC1C(=O)Nc1ccccc1O. The van der Waals surface area contributed by atoms with E-state index in [1.807, 2.05) is 0 Å². The Morgan fingerprint density at radius 1 is 1.33 bits per heavy atom. The van der Waals surface area contributed by atoms with Gasteiger partial charge in [-0.2, -0.15) is 0 Å². The molecule has 2 rings (SSSR count). The number of anilines is 1. The van der Waals surface area contributed by atoms with Crippen LogP contribution in [0.2, 0.25) is 0 Å². The first-order chi connectivity index (χ1) is 8.72. The molecular weight excluding hydrogens is 228 g/mol. The highest BCUT2D eigenvalue weighted by Crippen LogP contribution is 2.31. The highest BCUT2D eigenvalue weighted by molar-refractivity contribution is 5.94. The molecule has 98 valence electrons. The number of nitrogens with two attached hydrogens (primary N) is 1. The van der Waals surface area contributed by atoms with Gasteiger partial charge in [-0.05, 0) is 37.4 Å². The lowest BCUT2D eigenvalue weighted by Gasteiger charge is -2.29. The molecule has 4 N–H and O–H groups in total. The van der Waals surface area contributed by atoms with Gasteiger partial charge in [0.25, 0.3) is 0 Å². The van der Waals surface area contributed by atoms with E-state index in [1.54, 1.807) is 24.3 Å². The fourth-order valence-corrected chi connectivity index (χ4v) is 2.64. The maximum Gasteiger partial charge on any atom is 0.227 e. The van der Waals surface area contributed by atoms with Crippen LogP contribution in [0.5, 0.6) is 5.75 Å². The minimum absolute atomic E-state index is 0.0216. The van der Waals surface area contributed by atoms with Gasteiger partial charge < -0.3 is 16.2 Å². The number of amides is 1. The molecule has 4 nitrogen and oxygen atoms in total. The Morgan fingerprint density at radius 2 is 2.06 bits per heavy atom. The second-order valence-electron chi connectivity index (χ2n) is 4.89. The van der Waals surface area contributed by atoms with Gasteiger partial charge in [0.1, 0.15) is 5.75 Å². The van der Waals surface area contributed by atoms with E-state index >= 15 is 0 Å². The Kier molecular flexibility index (Phi) is 4.20. The van der Waals surface area contributed by atoms with Crippen molar-refractivity contribution in [3.8, 4) is 5.75 Å². The van der Waals surface area contributed by atoms with Crippen LogP contribution in [0, 0.1) is 11.8 Å². The summed E-state index contributed by atoms with van der Waals surface area (Å²) in [4.78, 5) is 12.2. The van der Waals surface area contributed by atoms with E-state index in [4.69, 9.17) is 5.73 Å². The van der Waals surface area contributed by atoms with E-state index in [1.165, 1.54) is 0 Å². The lowest BCUT2D eigenvalue weighted by molar-refractivity contribution is -0.122. The first-order valence-electron chi connectivity index (χ1n) is 6.51. The zero-order valence-electron chi connectivity index (χ0n) is 10.4. The van der Waals surface area contributed by atoms with Crippen LogP contribution in [0.4, 0.5) is 5.69 Å². The first kappa shape index (κ1) is 12.9. The predicted octanol–water partition coefficient (Wildman–Crippen LogP) is 2.10. The minimum atomic E-state index is -0.0247. The molecular formula is C14H20N2O2. The summed E-state index contributed by atoms with van der Waals surface area (Å²) in [6.07, 6.45) is 4.15. The average Bonchev–Trinajstić information content (AvgIpc) is 2.41. The molecule has 1 aliphatic carbocycles. The summed E-state index contributed by atoms with van der Waals surface area (Å²) in [6, 6.07) is 6.79. The van der Waals surface area contributed by atoms with Crippen molar-refractivity contribution in [2.75, 3.05) is 11.9 Å². The van der Waals surface area contributed by atoms with Crippen LogP contribution in [0.25, 0.3) is 0 Å². The molecule has 2 unspecified atom stereocenters. The molecule has 1 saturated carbocycles. The number of nitrogens with one attached hydrogen (secondary N) is 1. The summed E-state index contributed by atoms with van der Waals surface area (Å²) in [5.41, 5.74) is 6.20. The van der Waals surface area contributed by atoms with Gasteiger partial charge in [-0.3, -0.25) is 4.79 Å². The predicted molar refractivity (Wildman–Crippen MR) is 71.2 cm³/mol. The third-order valence-electron chi connectivity index (χ3n) is 3.71. The number of rotatable bonds is 3. The minimum Gasteiger partial charge on any atom is -0.506 e. The topological polar surface area (TPSA) is 75.4 Å². The number of phenols is 1. The molecule has 0 bridgehead atoms. The van der Waals surface area contributed by atoms with Crippen molar-refractivity contribution in [1.82, 2.24) is 0 Å². The van der Waals surface area contributed by atoms with Crippen molar-refractivity contribution < 1.29 is 9.90 Å². The van der Waals surface area contributed by atoms with Crippen LogP contribution in [0.1, 0.15) is 25.7 Å². The van der Waals surface area contributed by atoms with Crippen molar-refractivity contribution >= 4 is 11.6 Å². The van der Waals surface area contributed by atoms with Gasteiger partial charge >= 0.3 is 0 Å². The Balaban J connectivity index is 2.05. The molecule has 4 heteroatoms. The van der Waals surface area contributed by atoms with Gasteiger partial charge in [-0.25, -0.2) is 0 Å². The van der Waals surface area contributed by atoms with Crippen LogP contribution in [0.15, 0.2) is 24.3 Å². The molecule has 1 aliphatic rings. The van der Waals surface area contributed by atoms with Gasteiger partial charge in [-0.1, -0.05) is 25.0 Å². The standard InChI is InChI=1S/C14H20N2O2/c15-9-10-5-1-2-6-11(10)14(18)16-12-7-3-4-8-13(12)17/h3-4,7-8,10-11,17H,1-2,5-6,9,15H2,(H,16,18). The molecule has 0 saturated heterocycles. The molecule has 0 radical (unpaired) electrons. The Bertz CT molecular complexity index is 420.